The number of nitrogens with one attached hydrogen (secondary N) is 1. The second-order valence-corrected chi connectivity index (χ2v) is 8.83. The summed E-state index contributed by atoms with van der Waals surface area (Å²) in [6, 6.07) is 19.1. The number of rotatable bonds is 10. The predicted molar refractivity (Wildman–Crippen MR) is 139 cm³/mol. The number of benzene rings is 2. The van der Waals surface area contributed by atoms with Gasteiger partial charge in [0.05, 0.1) is 35.5 Å². The van der Waals surface area contributed by atoms with Crippen molar-refractivity contribution >= 4 is 46.7 Å². The lowest BCUT2D eigenvalue weighted by Gasteiger charge is -2.09. The summed E-state index contributed by atoms with van der Waals surface area (Å²) >= 11 is 1.48. The van der Waals surface area contributed by atoms with Crippen LogP contribution in [-0.2, 0) is 21.0 Å². The summed E-state index contributed by atoms with van der Waals surface area (Å²) < 4.78 is 12.0. The third-order valence-corrected chi connectivity index (χ3v) is 6.36. The topological polar surface area (TPSA) is 95.3 Å². The summed E-state index contributed by atoms with van der Waals surface area (Å²) in [4.78, 5) is 30.4. The first kappa shape index (κ1) is 25.2. The fraction of sp³-hybridized carbons (Fsp3) is 0.185. The van der Waals surface area contributed by atoms with Crippen LogP contribution in [0, 0.1) is 0 Å². The number of amides is 1. The third kappa shape index (κ3) is 6.18. The van der Waals surface area contributed by atoms with E-state index in [1.165, 1.54) is 18.9 Å². The number of carbonyl (C=O) groups is 2. The lowest BCUT2D eigenvalue weighted by Crippen LogP contribution is -2.18. The van der Waals surface area contributed by atoms with Crippen molar-refractivity contribution in [3.8, 4) is 0 Å². The molecule has 2 aromatic heterocycles. The molecule has 0 bridgehead atoms. The predicted octanol–water partition coefficient (Wildman–Crippen LogP) is 4.65. The molecule has 0 radical (unpaired) electrons. The molecule has 2 aromatic carbocycles. The van der Waals surface area contributed by atoms with Crippen LogP contribution in [0.1, 0.15) is 28.2 Å². The molecule has 0 aliphatic carbocycles. The molecule has 2 heterocycles. The van der Waals surface area contributed by atoms with Crippen molar-refractivity contribution in [2.75, 3.05) is 20.8 Å². The SMILES string of the molecule is CNC(=O)c1ccccc1Sc1ccc2c(/C=C/c3ccccn3)nn(COC(=O)CCOC)c2c1. The summed E-state index contributed by atoms with van der Waals surface area (Å²) in [6.07, 6.45) is 5.68. The van der Waals surface area contributed by atoms with E-state index in [9.17, 15) is 9.59 Å². The minimum absolute atomic E-state index is 0.0284. The zero-order valence-electron chi connectivity index (χ0n) is 20.0. The number of hydrogen-bond donors (Lipinski definition) is 1. The zero-order chi connectivity index (χ0) is 25.3. The number of ether oxygens (including phenoxy) is 2. The van der Waals surface area contributed by atoms with Gasteiger partial charge in [-0.2, -0.15) is 5.10 Å². The van der Waals surface area contributed by atoms with Gasteiger partial charge in [0, 0.05) is 35.5 Å². The maximum absolute atomic E-state index is 12.3. The molecular weight excluding hydrogens is 476 g/mol. The molecule has 0 unspecified atom stereocenters. The number of hydrogen-bond acceptors (Lipinski definition) is 7. The largest absolute Gasteiger partial charge is 0.442 e. The Morgan fingerprint density at radius 2 is 1.92 bits per heavy atom. The van der Waals surface area contributed by atoms with Crippen LogP contribution in [0.3, 0.4) is 0 Å². The van der Waals surface area contributed by atoms with Crippen molar-refractivity contribution < 1.29 is 19.1 Å². The minimum Gasteiger partial charge on any atom is -0.442 e. The van der Waals surface area contributed by atoms with Crippen molar-refractivity contribution in [1.82, 2.24) is 20.1 Å². The quantitative estimate of drug-likeness (QED) is 0.315. The first-order valence-electron chi connectivity index (χ1n) is 11.3. The molecule has 4 rings (SSSR count). The van der Waals surface area contributed by atoms with Gasteiger partial charge in [0.15, 0.2) is 6.73 Å². The number of aromatic nitrogens is 3. The van der Waals surface area contributed by atoms with Gasteiger partial charge in [0.25, 0.3) is 5.91 Å². The molecule has 36 heavy (non-hydrogen) atoms. The lowest BCUT2D eigenvalue weighted by atomic mass is 10.2. The van der Waals surface area contributed by atoms with Gasteiger partial charge in [-0.3, -0.25) is 14.6 Å². The van der Waals surface area contributed by atoms with Crippen LogP contribution in [0.5, 0.6) is 0 Å². The van der Waals surface area contributed by atoms with E-state index in [1.807, 2.05) is 66.7 Å². The van der Waals surface area contributed by atoms with E-state index in [1.54, 1.807) is 24.0 Å². The van der Waals surface area contributed by atoms with Gasteiger partial charge >= 0.3 is 5.97 Å². The first-order valence-corrected chi connectivity index (χ1v) is 12.1. The van der Waals surface area contributed by atoms with E-state index in [0.717, 1.165) is 32.1 Å². The normalized spacial score (nSPS) is 11.2. The van der Waals surface area contributed by atoms with E-state index in [0.29, 0.717) is 12.2 Å². The Morgan fingerprint density at radius 3 is 2.69 bits per heavy atom. The van der Waals surface area contributed by atoms with Crippen LogP contribution >= 0.6 is 11.8 Å². The van der Waals surface area contributed by atoms with Gasteiger partial charge in [-0.1, -0.05) is 30.0 Å². The highest BCUT2D eigenvalue weighted by Gasteiger charge is 2.14. The molecule has 0 aliphatic heterocycles. The standard InChI is InChI=1S/C27H26N4O4S/c1-28-27(33)22-8-3-4-9-25(22)36-20-11-12-21-23(13-10-19-7-5-6-15-29-19)30-31(24(21)17-20)18-35-26(32)14-16-34-2/h3-13,15,17H,14,16,18H2,1-2H3,(H,28,33)/b13-10+. The first-order chi connectivity index (χ1) is 17.6. The maximum atomic E-state index is 12.3. The van der Waals surface area contributed by atoms with E-state index < -0.39 is 0 Å². The smallest absolute Gasteiger partial charge is 0.309 e. The lowest BCUT2D eigenvalue weighted by molar-refractivity contribution is -0.148. The average Bonchev–Trinajstić information content (AvgIpc) is 3.26. The van der Waals surface area contributed by atoms with Gasteiger partial charge in [0.2, 0.25) is 0 Å². The number of nitrogens with zero attached hydrogens (tertiary/aromatic N) is 3. The summed E-state index contributed by atoms with van der Waals surface area (Å²) in [5.74, 6) is -0.509. The van der Waals surface area contributed by atoms with Crippen LogP contribution in [0.15, 0.2) is 76.7 Å². The van der Waals surface area contributed by atoms with Crippen LogP contribution in [0.4, 0.5) is 0 Å². The fourth-order valence-electron chi connectivity index (χ4n) is 3.50. The second kappa shape index (κ2) is 12.1. The summed E-state index contributed by atoms with van der Waals surface area (Å²) in [7, 11) is 3.15. The summed E-state index contributed by atoms with van der Waals surface area (Å²) in [6.45, 7) is 0.266. The summed E-state index contributed by atoms with van der Waals surface area (Å²) in [5, 5.41) is 8.27. The Kier molecular flexibility index (Phi) is 8.48. The Labute approximate surface area is 213 Å². The van der Waals surface area contributed by atoms with Crippen LogP contribution in [-0.4, -0.2) is 47.4 Å². The number of carbonyl (C=O) groups excluding carboxylic acids is 2. The van der Waals surface area contributed by atoms with E-state index in [-0.39, 0.29) is 25.0 Å². The van der Waals surface area contributed by atoms with E-state index >= 15 is 0 Å². The Morgan fingerprint density at radius 1 is 1.08 bits per heavy atom. The van der Waals surface area contributed by atoms with Gasteiger partial charge in [0.1, 0.15) is 0 Å². The minimum atomic E-state index is -0.365. The fourth-order valence-corrected chi connectivity index (χ4v) is 4.48. The third-order valence-electron chi connectivity index (χ3n) is 5.30. The van der Waals surface area contributed by atoms with Crippen molar-refractivity contribution in [2.24, 2.45) is 0 Å². The maximum Gasteiger partial charge on any atom is 0.309 e. The monoisotopic (exact) mass is 502 g/mol. The second-order valence-electron chi connectivity index (χ2n) is 7.72. The Hall–Kier alpha value is -3.95. The molecule has 0 fully saturated rings. The number of fused-ring (bicyclic) bond motifs is 1. The average molecular weight is 503 g/mol. The number of methoxy groups -OCH3 is 1. The number of esters is 1. The van der Waals surface area contributed by atoms with E-state index in [2.05, 4.69) is 15.4 Å². The highest BCUT2D eigenvalue weighted by Crippen LogP contribution is 2.33. The molecule has 0 saturated carbocycles. The van der Waals surface area contributed by atoms with Gasteiger partial charge in [-0.15, -0.1) is 0 Å². The van der Waals surface area contributed by atoms with Crippen molar-refractivity contribution in [1.29, 1.82) is 0 Å². The molecule has 4 aromatic rings. The number of pyridine rings is 1. The van der Waals surface area contributed by atoms with Crippen LogP contribution < -0.4 is 5.32 Å². The molecular formula is C27H26N4O4S. The van der Waals surface area contributed by atoms with Crippen molar-refractivity contribution in [2.45, 2.75) is 22.9 Å². The molecule has 0 atom stereocenters. The highest BCUT2D eigenvalue weighted by molar-refractivity contribution is 7.99. The zero-order valence-corrected chi connectivity index (χ0v) is 20.8. The van der Waals surface area contributed by atoms with Gasteiger partial charge < -0.3 is 14.8 Å². The Balaban J connectivity index is 1.67. The molecule has 0 spiro atoms. The highest BCUT2D eigenvalue weighted by atomic mass is 32.2. The van der Waals surface area contributed by atoms with Gasteiger partial charge in [-0.25, -0.2) is 4.68 Å². The van der Waals surface area contributed by atoms with Crippen molar-refractivity contribution in [3.63, 3.8) is 0 Å². The molecule has 0 aliphatic rings. The van der Waals surface area contributed by atoms with E-state index in [4.69, 9.17) is 9.47 Å². The van der Waals surface area contributed by atoms with Crippen LogP contribution in [0.2, 0.25) is 0 Å². The molecule has 1 amide bonds. The molecule has 0 saturated heterocycles. The van der Waals surface area contributed by atoms with Crippen LogP contribution in [0.25, 0.3) is 23.1 Å². The van der Waals surface area contributed by atoms with Crippen molar-refractivity contribution in [3.05, 3.63) is 83.8 Å². The molecule has 8 nitrogen and oxygen atoms in total. The molecule has 184 valence electrons. The molecule has 9 heteroatoms. The molecule has 1 N–H and O–H groups in total. The summed E-state index contributed by atoms with van der Waals surface area (Å²) in [5.41, 5.74) is 2.94. The Bertz CT molecular complexity index is 1390. The van der Waals surface area contributed by atoms with Gasteiger partial charge in [-0.05, 0) is 54.6 Å².